The largest absolute Gasteiger partial charge is 0.386 e. The van der Waals surface area contributed by atoms with E-state index in [1.807, 2.05) is 59.7 Å². The predicted molar refractivity (Wildman–Crippen MR) is 217 cm³/mol. The molecule has 0 aliphatic carbocycles. The number of likely N-dealkylation sites (tertiary alicyclic amines) is 1. The van der Waals surface area contributed by atoms with Crippen LogP contribution in [-0.2, 0) is 33.4 Å². The maximum Gasteiger partial charge on any atom is 0.245 e. The average molecular weight is 789 g/mol. The highest BCUT2D eigenvalue weighted by molar-refractivity contribution is 5.93. The second-order valence-corrected chi connectivity index (χ2v) is 16.4. The summed E-state index contributed by atoms with van der Waals surface area (Å²) in [5.74, 6) is -2.88. The highest BCUT2D eigenvalue weighted by Gasteiger charge is 2.43. The van der Waals surface area contributed by atoms with E-state index < -0.39 is 60.3 Å². The fourth-order valence-electron chi connectivity index (χ4n) is 8.04. The first kappa shape index (κ1) is 48.6. The van der Waals surface area contributed by atoms with Crippen LogP contribution < -0.4 is 16.4 Å². The minimum absolute atomic E-state index is 0.0186. The van der Waals surface area contributed by atoms with E-state index in [1.54, 1.807) is 56.8 Å². The Morgan fingerprint density at radius 1 is 0.875 bits per heavy atom. The molecule has 0 spiro atoms. The lowest BCUT2D eigenvalue weighted by Gasteiger charge is -2.41. The predicted octanol–water partition coefficient (Wildman–Crippen LogP) is 3.12. The molecule has 5 amide bonds. The standard InChI is InChI=1S/C42H72N6O8/c1-14-26(6)36(47(11)42(54)34(24(2)3)45-40(52)35(25(4)5)46(10)41(53)28(8)43)32(55-12)23-33(49)48-22-18-21-31(48)38(56-13)27(7)39(51)44-29(9)37(50)30-19-16-15-17-20-30/h15-17,19-20,24-29,31-32,34-38,50H,14,18,21-23,43H2,1-13H3,(H,44,51)(H,45,52)/t26-,27+,28-,29+,31-,32+,34-,35-,36-,37+,38+/m0/s1. The second kappa shape index (κ2) is 22.4. The van der Waals surface area contributed by atoms with Gasteiger partial charge in [0.15, 0.2) is 0 Å². The quantitative estimate of drug-likeness (QED) is 0.145. The van der Waals surface area contributed by atoms with Crippen LogP contribution in [0.1, 0.15) is 99.7 Å². The molecular formula is C42H72N6O8. The molecule has 1 aliphatic heterocycles. The zero-order valence-electron chi connectivity index (χ0n) is 36.2. The highest BCUT2D eigenvalue weighted by Crippen LogP contribution is 2.30. The molecule has 1 fully saturated rings. The summed E-state index contributed by atoms with van der Waals surface area (Å²) in [7, 11) is 6.29. The molecule has 1 aliphatic rings. The molecule has 0 bridgehead atoms. The molecule has 1 heterocycles. The van der Waals surface area contributed by atoms with E-state index in [9.17, 15) is 29.1 Å². The first-order chi connectivity index (χ1) is 26.2. The summed E-state index contributed by atoms with van der Waals surface area (Å²) in [4.78, 5) is 73.3. The van der Waals surface area contributed by atoms with Gasteiger partial charge in [-0.1, -0.05) is 85.2 Å². The molecule has 318 valence electrons. The van der Waals surface area contributed by atoms with E-state index >= 15 is 0 Å². The van der Waals surface area contributed by atoms with Gasteiger partial charge in [0.25, 0.3) is 0 Å². The lowest BCUT2D eigenvalue weighted by molar-refractivity contribution is -0.148. The lowest BCUT2D eigenvalue weighted by atomic mass is 9.89. The van der Waals surface area contributed by atoms with Gasteiger partial charge in [0, 0.05) is 34.9 Å². The van der Waals surface area contributed by atoms with Crippen molar-refractivity contribution in [2.24, 2.45) is 29.4 Å². The van der Waals surface area contributed by atoms with Gasteiger partial charge >= 0.3 is 0 Å². The van der Waals surface area contributed by atoms with Crippen LogP contribution >= 0.6 is 0 Å². The number of aliphatic hydroxyl groups excluding tert-OH is 1. The first-order valence-corrected chi connectivity index (χ1v) is 20.2. The maximum absolute atomic E-state index is 14.4. The summed E-state index contributed by atoms with van der Waals surface area (Å²) in [5, 5.41) is 16.7. The van der Waals surface area contributed by atoms with Crippen LogP contribution in [0.15, 0.2) is 30.3 Å². The van der Waals surface area contributed by atoms with Crippen molar-refractivity contribution in [3.8, 4) is 0 Å². The van der Waals surface area contributed by atoms with Crippen LogP contribution in [0.4, 0.5) is 0 Å². The number of aliphatic hydroxyl groups is 1. The van der Waals surface area contributed by atoms with Crippen LogP contribution in [0.5, 0.6) is 0 Å². The molecule has 0 aromatic heterocycles. The molecule has 14 heteroatoms. The highest BCUT2D eigenvalue weighted by atomic mass is 16.5. The van der Waals surface area contributed by atoms with Gasteiger partial charge < -0.3 is 45.6 Å². The fraction of sp³-hybridized carbons (Fsp3) is 0.738. The van der Waals surface area contributed by atoms with E-state index in [0.29, 0.717) is 24.9 Å². The van der Waals surface area contributed by atoms with Gasteiger partial charge in [-0.05, 0) is 50.0 Å². The van der Waals surface area contributed by atoms with Crippen LogP contribution in [0.25, 0.3) is 0 Å². The normalized spacial score (nSPS) is 19.9. The minimum atomic E-state index is -0.915. The number of ether oxygens (including phenoxy) is 2. The molecule has 0 saturated carbocycles. The third kappa shape index (κ3) is 12.2. The number of hydrogen-bond acceptors (Lipinski definition) is 9. The summed E-state index contributed by atoms with van der Waals surface area (Å²) >= 11 is 0. The number of amides is 5. The lowest BCUT2D eigenvalue weighted by Crippen LogP contribution is -2.61. The van der Waals surface area contributed by atoms with E-state index in [0.717, 1.165) is 6.42 Å². The van der Waals surface area contributed by atoms with Crippen LogP contribution in [0, 0.1) is 23.7 Å². The Labute approximate surface area is 335 Å². The number of rotatable bonds is 21. The number of nitrogens with two attached hydrogens (primary N) is 1. The summed E-state index contributed by atoms with van der Waals surface area (Å²) in [6.07, 6.45) is -0.133. The van der Waals surface area contributed by atoms with E-state index in [-0.39, 0.29) is 53.8 Å². The van der Waals surface area contributed by atoms with Gasteiger partial charge in [0.1, 0.15) is 12.1 Å². The van der Waals surface area contributed by atoms with E-state index in [2.05, 4.69) is 10.6 Å². The number of nitrogens with one attached hydrogen (secondary N) is 2. The SMILES string of the molecule is CC[C@H](C)[C@@H]([C@@H](CC(=O)N1CCC[C@H]1[C@H](OC)[C@@H](C)C(=O)N[C@H](C)[C@@H](O)c1ccccc1)OC)N(C)C(=O)[C@@H](NC(=O)[C@H](C(C)C)N(C)C(=O)[C@H](C)N)C(C)C. The molecule has 0 radical (unpaired) electrons. The third-order valence-electron chi connectivity index (χ3n) is 11.5. The fourth-order valence-corrected chi connectivity index (χ4v) is 8.04. The Morgan fingerprint density at radius 3 is 1.98 bits per heavy atom. The van der Waals surface area contributed by atoms with Gasteiger partial charge in [-0.3, -0.25) is 24.0 Å². The zero-order chi connectivity index (χ0) is 42.6. The number of hydrogen-bond donors (Lipinski definition) is 4. The van der Waals surface area contributed by atoms with Crippen LogP contribution in [0.3, 0.4) is 0 Å². The second-order valence-electron chi connectivity index (χ2n) is 16.4. The van der Waals surface area contributed by atoms with Gasteiger partial charge in [0.05, 0.1) is 54.8 Å². The summed E-state index contributed by atoms with van der Waals surface area (Å²) in [6.45, 7) is 17.0. The monoisotopic (exact) mass is 789 g/mol. The van der Waals surface area contributed by atoms with Crippen LogP contribution in [0.2, 0.25) is 0 Å². The molecule has 1 aromatic carbocycles. The molecule has 2 rings (SSSR count). The number of carbonyl (C=O) groups is 5. The van der Waals surface area contributed by atoms with Crippen molar-refractivity contribution >= 4 is 29.5 Å². The molecule has 11 atom stereocenters. The van der Waals surface area contributed by atoms with Crippen molar-refractivity contribution in [3.63, 3.8) is 0 Å². The summed E-state index contributed by atoms with van der Waals surface area (Å²) in [5.41, 5.74) is 6.54. The van der Waals surface area contributed by atoms with Gasteiger partial charge in [-0.15, -0.1) is 0 Å². The van der Waals surface area contributed by atoms with E-state index in [4.69, 9.17) is 15.2 Å². The van der Waals surface area contributed by atoms with Crippen LogP contribution in [-0.4, -0.2) is 133 Å². The number of methoxy groups -OCH3 is 2. The van der Waals surface area contributed by atoms with Crippen molar-refractivity contribution in [2.45, 2.75) is 143 Å². The zero-order valence-corrected chi connectivity index (χ0v) is 36.2. The Balaban J connectivity index is 2.28. The van der Waals surface area contributed by atoms with Crippen molar-refractivity contribution < 1.29 is 38.6 Å². The van der Waals surface area contributed by atoms with Crippen molar-refractivity contribution in [1.29, 1.82) is 0 Å². The molecule has 5 N–H and O–H groups in total. The molecule has 1 saturated heterocycles. The van der Waals surface area contributed by atoms with Crippen molar-refractivity contribution in [2.75, 3.05) is 34.9 Å². The number of likely N-dealkylation sites (N-methyl/N-ethyl adjacent to an activating group) is 2. The number of nitrogens with zero attached hydrogens (tertiary/aromatic N) is 3. The third-order valence-corrected chi connectivity index (χ3v) is 11.5. The maximum atomic E-state index is 14.4. The summed E-state index contributed by atoms with van der Waals surface area (Å²) in [6, 6.07) is 5.14. The van der Waals surface area contributed by atoms with E-state index in [1.165, 1.54) is 19.1 Å². The van der Waals surface area contributed by atoms with Crippen molar-refractivity contribution in [3.05, 3.63) is 35.9 Å². The molecule has 1 aromatic rings. The van der Waals surface area contributed by atoms with Gasteiger partial charge in [-0.25, -0.2) is 0 Å². The minimum Gasteiger partial charge on any atom is -0.386 e. The molecule has 14 nitrogen and oxygen atoms in total. The molecule has 56 heavy (non-hydrogen) atoms. The van der Waals surface area contributed by atoms with Gasteiger partial charge in [-0.2, -0.15) is 0 Å². The van der Waals surface area contributed by atoms with Crippen molar-refractivity contribution in [1.82, 2.24) is 25.3 Å². The smallest absolute Gasteiger partial charge is 0.245 e. The number of benzene rings is 1. The average Bonchev–Trinajstić information content (AvgIpc) is 3.65. The topological polar surface area (TPSA) is 184 Å². The Bertz CT molecular complexity index is 1430. The Morgan fingerprint density at radius 2 is 1.48 bits per heavy atom. The van der Waals surface area contributed by atoms with Gasteiger partial charge in [0.2, 0.25) is 29.5 Å². The first-order valence-electron chi connectivity index (χ1n) is 20.2. The molecule has 0 unspecified atom stereocenters. The molecular weight excluding hydrogens is 716 g/mol. The Kier molecular flexibility index (Phi) is 19.4. The number of carbonyl (C=O) groups excluding carboxylic acids is 5. The summed E-state index contributed by atoms with van der Waals surface area (Å²) < 4.78 is 11.9. The Hall–Kier alpha value is -3.59.